The van der Waals surface area contributed by atoms with E-state index in [0.29, 0.717) is 11.5 Å². The van der Waals surface area contributed by atoms with E-state index in [4.69, 9.17) is 4.74 Å². The minimum Gasteiger partial charge on any atom is -0.487 e. The first-order valence-corrected chi connectivity index (χ1v) is 9.17. The summed E-state index contributed by atoms with van der Waals surface area (Å²) in [7, 11) is 0. The molecule has 27 heavy (non-hydrogen) atoms. The molecule has 1 saturated carbocycles. The van der Waals surface area contributed by atoms with Gasteiger partial charge in [-0.2, -0.15) is 0 Å². The fraction of sp³-hybridized carbons (Fsp3) is 0.368. The SMILES string of the molecule is O=[N+]([O-])c1cnc2ccc(NC3CC4(CCCC4)Oc4ccccc43)nn12. The van der Waals surface area contributed by atoms with Gasteiger partial charge in [-0.1, -0.05) is 27.8 Å². The zero-order valence-corrected chi connectivity index (χ0v) is 14.7. The second kappa shape index (κ2) is 5.94. The topological polar surface area (TPSA) is 94.6 Å². The fourth-order valence-corrected chi connectivity index (χ4v) is 4.31. The van der Waals surface area contributed by atoms with Crippen LogP contribution in [0.3, 0.4) is 0 Å². The van der Waals surface area contributed by atoms with Gasteiger partial charge in [0.25, 0.3) is 0 Å². The standard InChI is InChI=1S/C19H19N5O3/c25-24(26)18-12-20-17-8-7-16(22-23(17)18)21-14-11-19(9-3-4-10-19)27-15-6-2-1-5-13(14)15/h1-2,5-8,12,14H,3-4,9-11H2,(H,21,22). The second-order valence-corrected chi connectivity index (χ2v) is 7.29. The lowest BCUT2D eigenvalue weighted by Gasteiger charge is -2.40. The summed E-state index contributed by atoms with van der Waals surface area (Å²) in [6.45, 7) is 0. The van der Waals surface area contributed by atoms with Crippen molar-refractivity contribution in [1.29, 1.82) is 0 Å². The van der Waals surface area contributed by atoms with Crippen LogP contribution in [-0.4, -0.2) is 25.1 Å². The van der Waals surface area contributed by atoms with Gasteiger partial charge in [0.15, 0.2) is 5.82 Å². The molecular formula is C19H19N5O3. The third-order valence-electron chi connectivity index (χ3n) is 5.57. The highest BCUT2D eigenvalue weighted by atomic mass is 16.6. The van der Waals surface area contributed by atoms with Gasteiger partial charge in [0, 0.05) is 18.1 Å². The molecule has 2 aromatic heterocycles. The number of nitro groups is 1. The van der Waals surface area contributed by atoms with Crippen LogP contribution in [0.15, 0.2) is 42.6 Å². The molecule has 138 valence electrons. The van der Waals surface area contributed by atoms with Gasteiger partial charge in [-0.05, 0) is 42.7 Å². The van der Waals surface area contributed by atoms with Crippen LogP contribution in [-0.2, 0) is 0 Å². The Hall–Kier alpha value is -3.16. The zero-order chi connectivity index (χ0) is 18.4. The molecule has 0 amide bonds. The molecule has 8 heteroatoms. The van der Waals surface area contributed by atoms with Gasteiger partial charge in [-0.15, -0.1) is 0 Å². The number of nitrogens with one attached hydrogen (secondary N) is 1. The molecule has 1 unspecified atom stereocenters. The minimum absolute atomic E-state index is 0.0422. The van der Waals surface area contributed by atoms with Crippen molar-refractivity contribution in [3.05, 3.63) is 58.3 Å². The lowest BCUT2D eigenvalue weighted by molar-refractivity contribution is -0.391. The van der Waals surface area contributed by atoms with Crippen LogP contribution in [0.2, 0.25) is 0 Å². The van der Waals surface area contributed by atoms with Gasteiger partial charge in [-0.25, -0.2) is 4.98 Å². The first kappa shape index (κ1) is 16.0. The molecule has 1 aliphatic heterocycles. The maximum absolute atomic E-state index is 11.2. The molecule has 1 fully saturated rings. The van der Waals surface area contributed by atoms with Crippen LogP contribution in [0.4, 0.5) is 11.6 Å². The lowest BCUT2D eigenvalue weighted by Crippen LogP contribution is -2.40. The molecule has 1 N–H and O–H groups in total. The van der Waals surface area contributed by atoms with Gasteiger partial charge < -0.3 is 20.2 Å². The van der Waals surface area contributed by atoms with Crippen LogP contribution < -0.4 is 10.1 Å². The number of rotatable bonds is 3. The van der Waals surface area contributed by atoms with E-state index in [1.54, 1.807) is 6.07 Å². The number of nitrogens with zero attached hydrogens (tertiary/aromatic N) is 4. The van der Waals surface area contributed by atoms with E-state index < -0.39 is 4.92 Å². The molecule has 1 spiro atoms. The number of hydrogen-bond acceptors (Lipinski definition) is 6. The Morgan fingerprint density at radius 3 is 2.85 bits per heavy atom. The summed E-state index contributed by atoms with van der Waals surface area (Å²) < 4.78 is 7.65. The summed E-state index contributed by atoms with van der Waals surface area (Å²) in [5, 5.41) is 19.1. The van der Waals surface area contributed by atoms with Crippen LogP contribution in [0.25, 0.3) is 5.65 Å². The number of hydrogen-bond donors (Lipinski definition) is 1. The van der Waals surface area contributed by atoms with Crippen molar-refractivity contribution in [3.63, 3.8) is 0 Å². The number of benzene rings is 1. The summed E-state index contributed by atoms with van der Waals surface area (Å²) in [6, 6.07) is 11.7. The molecule has 1 atom stereocenters. The quantitative estimate of drug-likeness (QED) is 0.559. The van der Waals surface area contributed by atoms with Gasteiger partial charge in [0.05, 0.1) is 6.04 Å². The molecule has 1 aliphatic carbocycles. The molecule has 1 aromatic carbocycles. The van der Waals surface area contributed by atoms with Gasteiger partial charge >= 0.3 is 5.82 Å². The average Bonchev–Trinajstić information content (AvgIpc) is 3.28. The van der Waals surface area contributed by atoms with E-state index >= 15 is 0 Å². The molecule has 8 nitrogen and oxygen atoms in total. The molecule has 5 rings (SSSR count). The first-order valence-electron chi connectivity index (χ1n) is 9.17. The van der Waals surface area contributed by atoms with E-state index in [9.17, 15) is 10.1 Å². The van der Waals surface area contributed by atoms with Crippen LogP contribution in [0.5, 0.6) is 5.75 Å². The summed E-state index contributed by atoms with van der Waals surface area (Å²) in [5.41, 5.74) is 1.42. The van der Waals surface area contributed by atoms with Crippen molar-refractivity contribution in [2.45, 2.75) is 43.7 Å². The van der Waals surface area contributed by atoms with E-state index in [1.165, 1.54) is 23.6 Å². The summed E-state index contributed by atoms with van der Waals surface area (Å²) in [6.07, 6.45) is 6.55. The summed E-state index contributed by atoms with van der Waals surface area (Å²) in [4.78, 5) is 14.7. The van der Waals surface area contributed by atoms with Crippen molar-refractivity contribution < 1.29 is 9.66 Å². The predicted molar refractivity (Wildman–Crippen MR) is 98.9 cm³/mol. The Bertz CT molecular complexity index is 1030. The zero-order valence-electron chi connectivity index (χ0n) is 14.7. The molecule has 3 aromatic rings. The highest BCUT2D eigenvalue weighted by molar-refractivity contribution is 5.50. The van der Waals surface area contributed by atoms with Gasteiger partial charge in [0.2, 0.25) is 5.65 Å². The van der Waals surface area contributed by atoms with Crippen LogP contribution in [0, 0.1) is 10.1 Å². The number of imidazole rings is 1. The molecule has 3 heterocycles. The molecule has 2 aliphatic rings. The van der Waals surface area contributed by atoms with E-state index in [2.05, 4.69) is 21.5 Å². The third-order valence-corrected chi connectivity index (χ3v) is 5.57. The van der Waals surface area contributed by atoms with E-state index in [-0.39, 0.29) is 17.5 Å². The largest absolute Gasteiger partial charge is 0.487 e. The Kier molecular flexibility index (Phi) is 3.53. The fourth-order valence-electron chi connectivity index (χ4n) is 4.31. The van der Waals surface area contributed by atoms with Crippen molar-refractivity contribution in [2.24, 2.45) is 0 Å². The number of ether oxygens (including phenoxy) is 1. The molecule has 0 radical (unpaired) electrons. The number of fused-ring (bicyclic) bond motifs is 2. The Morgan fingerprint density at radius 2 is 2.04 bits per heavy atom. The first-order chi connectivity index (χ1) is 13.1. The highest BCUT2D eigenvalue weighted by Crippen LogP contribution is 2.47. The van der Waals surface area contributed by atoms with Crippen molar-refractivity contribution in [2.75, 3.05) is 5.32 Å². The number of anilines is 1. The minimum atomic E-state index is -0.478. The Labute approximate surface area is 155 Å². The Balaban J connectivity index is 1.51. The Morgan fingerprint density at radius 1 is 1.22 bits per heavy atom. The maximum Gasteiger partial charge on any atom is 0.368 e. The summed E-state index contributed by atoms with van der Waals surface area (Å²) in [5.74, 6) is 1.35. The van der Waals surface area contributed by atoms with Crippen molar-refractivity contribution >= 4 is 17.3 Å². The molecule has 0 saturated heterocycles. The van der Waals surface area contributed by atoms with E-state index in [1.807, 2.05) is 24.3 Å². The monoisotopic (exact) mass is 365 g/mol. The maximum atomic E-state index is 11.2. The molecule has 0 bridgehead atoms. The summed E-state index contributed by atoms with van der Waals surface area (Å²) >= 11 is 0. The highest BCUT2D eigenvalue weighted by Gasteiger charge is 2.43. The lowest BCUT2D eigenvalue weighted by atomic mass is 9.86. The van der Waals surface area contributed by atoms with Gasteiger partial charge in [-0.3, -0.25) is 0 Å². The normalized spacial score (nSPS) is 20.4. The average molecular weight is 365 g/mol. The predicted octanol–water partition coefficient (Wildman–Crippen LogP) is 3.89. The van der Waals surface area contributed by atoms with Crippen LogP contribution >= 0.6 is 0 Å². The molecular weight excluding hydrogens is 346 g/mol. The van der Waals surface area contributed by atoms with E-state index in [0.717, 1.165) is 30.6 Å². The van der Waals surface area contributed by atoms with Crippen molar-refractivity contribution in [1.82, 2.24) is 14.6 Å². The van der Waals surface area contributed by atoms with Gasteiger partial charge in [0.1, 0.15) is 17.5 Å². The van der Waals surface area contributed by atoms with Crippen molar-refractivity contribution in [3.8, 4) is 5.75 Å². The third kappa shape index (κ3) is 2.68. The second-order valence-electron chi connectivity index (χ2n) is 7.29. The number of aromatic nitrogens is 3. The van der Waals surface area contributed by atoms with Crippen LogP contribution in [0.1, 0.15) is 43.7 Å². The smallest absolute Gasteiger partial charge is 0.368 e. The number of para-hydroxylation sites is 1.